The molecule has 3 heterocycles. The number of hydrogen-bond donors (Lipinski definition) is 0. The zero-order chi connectivity index (χ0) is 18.0. The Morgan fingerprint density at radius 3 is 2.68 bits per heavy atom. The first-order chi connectivity index (χ1) is 11.9. The predicted octanol–water partition coefficient (Wildman–Crippen LogP) is 4.37. The van der Waals surface area contributed by atoms with Gasteiger partial charge in [0.15, 0.2) is 0 Å². The third-order valence-electron chi connectivity index (χ3n) is 3.73. The second-order valence-electron chi connectivity index (χ2n) is 5.32. The Bertz CT molecular complexity index is 976. The van der Waals surface area contributed by atoms with E-state index in [9.17, 15) is 18.4 Å². The van der Waals surface area contributed by atoms with E-state index in [1.54, 1.807) is 6.08 Å². The molecule has 126 valence electrons. The molecule has 0 spiro atoms. The number of rotatable bonds is 3. The van der Waals surface area contributed by atoms with E-state index in [-0.39, 0.29) is 11.3 Å². The first kappa shape index (κ1) is 16.7. The predicted molar refractivity (Wildman–Crippen MR) is 87.3 cm³/mol. The van der Waals surface area contributed by atoms with Crippen LogP contribution in [0.1, 0.15) is 29.7 Å². The van der Waals surface area contributed by atoms with Gasteiger partial charge < -0.3 is 4.40 Å². The maximum atomic E-state index is 12.6. The molecule has 7 heteroatoms. The second kappa shape index (κ2) is 6.40. The highest BCUT2D eigenvalue weighted by Crippen LogP contribution is 2.29. The fourth-order valence-corrected chi connectivity index (χ4v) is 2.50. The van der Waals surface area contributed by atoms with Crippen LogP contribution in [-0.4, -0.2) is 14.4 Å². The van der Waals surface area contributed by atoms with Crippen LogP contribution in [0, 0.1) is 11.3 Å². The molecule has 4 nitrogen and oxygen atoms in total. The van der Waals surface area contributed by atoms with Crippen molar-refractivity contribution in [3.05, 3.63) is 65.5 Å². The van der Waals surface area contributed by atoms with E-state index in [2.05, 4.69) is 9.97 Å². The maximum Gasteiger partial charge on any atom is 0.417 e. The molecule has 0 radical (unpaired) electrons. The van der Waals surface area contributed by atoms with Crippen molar-refractivity contribution in [1.82, 2.24) is 14.4 Å². The monoisotopic (exact) mass is 342 g/mol. The zero-order valence-electron chi connectivity index (χ0n) is 13.2. The molecular weight excluding hydrogens is 329 g/mol. The van der Waals surface area contributed by atoms with Crippen LogP contribution in [0.5, 0.6) is 0 Å². The van der Waals surface area contributed by atoms with Crippen LogP contribution in [0.4, 0.5) is 13.2 Å². The highest BCUT2D eigenvalue weighted by atomic mass is 19.4. The summed E-state index contributed by atoms with van der Waals surface area (Å²) in [6.45, 7) is 1.97. The van der Waals surface area contributed by atoms with Gasteiger partial charge in [0.05, 0.1) is 28.0 Å². The number of fused-ring (bicyclic) bond motifs is 1. The molecule has 0 atom stereocenters. The molecule has 0 unspecified atom stereocenters. The van der Waals surface area contributed by atoms with Crippen LogP contribution in [0.15, 0.2) is 42.7 Å². The van der Waals surface area contributed by atoms with Gasteiger partial charge in [0.25, 0.3) is 0 Å². The Hall–Kier alpha value is -3.14. The zero-order valence-corrected chi connectivity index (χ0v) is 13.2. The second-order valence-corrected chi connectivity index (χ2v) is 5.32. The Morgan fingerprint density at radius 2 is 2.08 bits per heavy atom. The van der Waals surface area contributed by atoms with Crippen molar-refractivity contribution < 1.29 is 13.2 Å². The highest BCUT2D eigenvalue weighted by molar-refractivity contribution is 5.90. The minimum absolute atomic E-state index is 0.153. The average molecular weight is 342 g/mol. The molecule has 0 saturated carbocycles. The third-order valence-corrected chi connectivity index (χ3v) is 3.73. The summed E-state index contributed by atoms with van der Waals surface area (Å²) >= 11 is 0. The van der Waals surface area contributed by atoms with Gasteiger partial charge in [0, 0.05) is 18.8 Å². The Labute approximate surface area is 141 Å². The van der Waals surface area contributed by atoms with Crippen molar-refractivity contribution in [1.29, 1.82) is 5.26 Å². The SMILES string of the molecule is CCc1nc(/C=C(\C#N)c2ccc(C(F)(F)F)cn2)c2ccccn12. The van der Waals surface area contributed by atoms with Crippen molar-refractivity contribution in [2.24, 2.45) is 0 Å². The molecule has 0 N–H and O–H groups in total. The van der Waals surface area contributed by atoms with Crippen LogP contribution in [0.2, 0.25) is 0 Å². The largest absolute Gasteiger partial charge is 0.417 e. The molecule has 0 aromatic carbocycles. The van der Waals surface area contributed by atoms with Gasteiger partial charge in [-0.1, -0.05) is 13.0 Å². The number of alkyl halides is 3. The molecule has 0 aliphatic rings. The summed E-state index contributed by atoms with van der Waals surface area (Å²) in [6, 6.07) is 9.69. The van der Waals surface area contributed by atoms with Crippen LogP contribution < -0.4 is 0 Å². The van der Waals surface area contributed by atoms with Crippen LogP contribution >= 0.6 is 0 Å². The summed E-state index contributed by atoms with van der Waals surface area (Å²) < 4.78 is 39.8. The lowest BCUT2D eigenvalue weighted by molar-refractivity contribution is -0.137. The molecular formula is C18H13F3N4. The van der Waals surface area contributed by atoms with Gasteiger partial charge >= 0.3 is 6.18 Å². The number of nitriles is 1. The van der Waals surface area contributed by atoms with E-state index < -0.39 is 11.7 Å². The summed E-state index contributed by atoms with van der Waals surface area (Å²) in [5, 5.41) is 9.39. The molecule has 3 aromatic heterocycles. The van der Waals surface area contributed by atoms with Crippen LogP contribution in [0.25, 0.3) is 17.2 Å². The number of nitrogens with zero attached hydrogens (tertiary/aromatic N) is 4. The molecule has 3 aromatic rings. The first-order valence-electron chi connectivity index (χ1n) is 7.55. The fraction of sp³-hybridized carbons (Fsp3) is 0.167. The molecule has 0 fully saturated rings. The summed E-state index contributed by atoms with van der Waals surface area (Å²) in [5.41, 5.74) is 0.870. The Balaban J connectivity index is 2.06. The van der Waals surface area contributed by atoms with Crippen molar-refractivity contribution in [3.63, 3.8) is 0 Å². The van der Waals surface area contributed by atoms with Gasteiger partial charge in [-0.05, 0) is 30.3 Å². The smallest absolute Gasteiger partial charge is 0.303 e. The van der Waals surface area contributed by atoms with Crippen molar-refractivity contribution in [2.45, 2.75) is 19.5 Å². The van der Waals surface area contributed by atoms with Crippen molar-refractivity contribution >= 4 is 17.2 Å². The van der Waals surface area contributed by atoms with Gasteiger partial charge in [-0.15, -0.1) is 0 Å². The van der Waals surface area contributed by atoms with E-state index in [4.69, 9.17) is 0 Å². The lowest BCUT2D eigenvalue weighted by Gasteiger charge is -2.06. The number of aryl methyl sites for hydroxylation is 1. The van der Waals surface area contributed by atoms with Gasteiger partial charge in [0.1, 0.15) is 11.9 Å². The summed E-state index contributed by atoms with van der Waals surface area (Å²) in [6.07, 6.45) is 0.395. The third kappa shape index (κ3) is 3.24. The minimum Gasteiger partial charge on any atom is -0.303 e. The standard InChI is InChI=1S/C18H13F3N4/c1-2-17-24-15(16-5-3-4-8-25(16)17)9-12(10-22)14-7-6-13(11-23-14)18(19,20)21/h3-9,11H,2H2,1H3/b12-9+. The lowest BCUT2D eigenvalue weighted by Crippen LogP contribution is -2.05. The molecule has 25 heavy (non-hydrogen) atoms. The Kier molecular flexibility index (Phi) is 4.28. The topological polar surface area (TPSA) is 54.0 Å². The number of halogens is 3. The van der Waals surface area contributed by atoms with E-state index in [0.29, 0.717) is 12.1 Å². The minimum atomic E-state index is -4.46. The number of imidazole rings is 1. The van der Waals surface area contributed by atoms with Gasteiger partial charge in [-0.25, -0.2) is 4.98 Å². The molecule has 3 rings (SSSR count). The van der Waals surface area contributed by atoms with Crippen LogP contribution in [0.3, 0.4) is 0 Å². The number of allylic oxidation sites excluding steroid dienone is 1. The van der Waals surface area contributed by atoms with E-state index in [1.165, 1.54) is 6.07 Å². The number of aromatic nitrogens is 3. The summed E-state index contributed by atoms with van der Waals surface area (Å²) in [7, 11) is 0. The average Bonchev–Trinajstić information content (AvgIpc) is 2.97. The van der Waals surface area contributed by atoms with E-state index in [1.807, 2.05) is 41.8 Å². The van der Waals surface area contributed by atoms with E-state index in [0.717, 1.165) is 23.6 Å². The molecule has 0 bridgehead atoms. The van der Waals surface area contributed by atoms with Crippen LogP contribution in [-0.2, 0) is 12.6 Å². The normalized spacial score (nSPS) is 12.4. The summed E-state index contributed by atoms with van der Waals surface area (Å²) in [5.74, 6) is 0.833. The van der Waals surface area contributed by atoms with Crippen molar-refractivity contribution in [2.75, 3.05) is 0 Å². The number of pyridine rings is 2. The summed E-state index contributed by atoms with van der Waals surface area (Å²) in [4.78, 5) is 8.28. The highest BCUT2D eigenvalue weighted by Gasteiger charge is 2.30. The quantitative estimate of drug-likeness (QED) is 0.664. The Morgan fingerprint density at radius 1 is 1.28 bits per heavy atom. The lowest BCUT2D eigenvalue weighted by atomic mass is 10.1. The molecule has 0 aliphatic carbocycles. The number of hydrogen-bond acceptors (Lipinski definition) is 3. The van der Waals surface area contributed by atoms with Gasteiger partial charge in [-0.2, -0.15) is 18.4 Å². The van der Waals surface area contributed by atoms with Gasteiger partial charge in [-0.3, -0.25) is 4.98 Å². The molecule has 0 amide bonds. The first-order valence-corrected chi connectivity index (χ1v) is 7.55. The molecule has 0 saturated heterocycles. The van der Waals surface area contributed by atoms with E-state index >= 15 is 0 Å². The maximum absolute atomic E-state index is 12.6. The molecule has 0 aliphatic heterocycles. The van der Waals surface area contributed by atoms with Crippen molar-refractivity contribution in [3.8, 4) is 6.07 Å². The van der Waals surface area contributed by atoms with Gasteiger partial charge in [0.2, 0.25) is 0 Å². The fourth-order valence-electron chi connectivity index (χ4n) is 2.50.